The van der Waals surface area contributed by atoms with E-state index >= 15 is 0 Å². The van der Waals surface area contributed by atoms with Crippen molar-refractivity contribution in [2.24, 2.45) is 0 Å². The molecule has 0 amide bonds. The summed E-state index contributed by atoms with van der Waals surface area (Å²) in [4.78, 5) is 25.8. The zero-order valence-electron chi connectivity index (χ0n) is 19.0. The van der Waals surface area contributed by atoms with Crippen LogP contribution in [-0.2, 0) is 19.1 Å². The molecule has 1 aliphatic heterocycles. The Bertz CT molecular complexity index is 949. The third-order valence-electron chi connectivity index (χ3n) is 4.72. The van der Waals surface area contributed by atoms with Crippen molar-refractivity contribution in [2.75, 3.05) is 26.4 Å². The Morgan fingerprint density at radius 3 is 2.03 bits per heavy atom. The van der Waals surface area contributed by atoms with E-state index in [1.165, 1.54) is 0 Å². The van der Waals surface area contributed by atoms with E-state index in [9.17, 15) is 9.59 Å². The number of carbonyl (C=O) groups excluding carboxylic acids is 2. The summed E-state index contributed by atoms with van der Waals surface area (Å²) in [5, 5.41) is 3.34. The minimum absolute atomic E-state index is 0.00661. The summed E-state index contributed by atoms with van der Waals surface area (Å²) in [6.45, 7) is 9.47. The summed E-state index contributed by atoms with van der Waals surface area (Å²) >= 11 is 6.52. The van der Waals surface area contributed by atoms with E-state index in [1.54, 1.807) is 39.8 Å². The highest BCUT2D eigenvalue weighted by Crippen LogP contribution is 2.45. The van der Waals surface area contributed by atoms with Crippen molar-refractivity contribution in [2.45, 2.75) is 40.5 Å². The molecule has 1 aromatic carbocycles. The molecule has 0 atom stereocenters. The van der Waals surface area contributed by atoms with E-state index in [0.29, 0.717) is 35.1 Å². The van der Waals surface area contributed by atoms with Crippen molar-refractivity contribution in [3.05, 3.63) is 45.3 Å². The van der Waals surface area contributed by atoms with Gasteiger partial charge in [0.05, 0.1) is 41.9 Å². The normalized spacial score (nSPS) is 13.9. The summed E-state index contributed by atoms with van der Waals surface area (Å²) < 4.78 is 21.9. The lowest BCUT2D eigenvalue weighted by molar-refractivity contribution is -0.139. The number of rotatable bonds is 9. The first kappa shape index (κ1) is 25.2. The minimum Gasteiger partial charge on any atom is -0.490 e. The minimum atomic E-state index is -0.785. The van der Waals surface area contributed by atoms with Crippen LogP contribution in [0.15, 0.2) is 34.7 Å². The number of carbonyl (C=O) groups is 2. The summed E-state index contributed by atoms with van der Waals surface area (Å²) in [7, 11) is 0. The fraction of sp³-hybridized carbons (Fsp3) is 0.417. The van der Waals surface area contributed by atoms with E-state index in [1.807, 2.05) is 6.92 Å². The van der Waals surface area contributed by atoms with Gasteiger partial charge in [-0.1, -0.05) is 17.5 Å². The zero-order chi connectivity index (χ0) is 23.8. The van der Waals surface area contributed by atoms with Crippen molar-refractivity contribution < 1.29 is 28.5 Å². The lowest BCUT2D eigenvalue weighted by Crippen LogP contribution is -2.32. The first-order chi connectivity index (χ1) is 15.3. The van der Waals surface area contributed by atoms with Crippen LogP contribution in [0.25, 0.3) is 0 Å². The van der Waals surface area contributed by atoms with Crippen LogP contribution in [-0.4, -0.2) is 38.4 Å². The smallest absolute Gasteiger partial charge is 0.336 e. The van der Waals surface area contributed by atoms with Gasteiger partial charge in [-0.2, -0.15) is 0 Å². The first-order valence-corrected chi connectivity index (χ1v) is 10.7. The predicted octanol–water partition coefficient (Wildman–Crippen LogP) is 4.11. The monoisotopic (exact) mass is 461 g/mol. The van der Waals surface area contributed by atoms with E-state index in [4.69, 9.17) is 37.0 Å². The van der Waals surface area contributed by atoms with Gasteiger partial charge < -0.3 is 24.3 Å². The molecule has 0 saturated carbocycles. The molecule has 1 aromatic rings. The molecule has 0 unspecified atom stereocenters. The number of nitrogens with one attached hydrogen (secondary N) is 1. The van der Waals surface area contributed by atoms with Crippen LogP contribution < -0.4 is 14.8 Å². The zero-order valence-corrected chi connectivity index (χ0v) is 19.7. The number of dihydropyridines is 1. The van der Waals surface area contributed by atoms with Crippen LogP contribution in [0.4, 0.5) is 0 Å². The van der Waals surface area contributed by atoms with E-state index < -0.39 is 17.9 Å². The van der Waals surface area contributed by atoms with Crippen LogP contribution in [0.1, 0.15) is 46.1 Å². The quantitative estimate of drug-likeness (QED) is 0.437. The second-order valence-corrected chi connectivity index (χ2v) is 7.24. The lowest BCUT2D eigenvalue weighted by Gasteiger charge is -2.31. The van der Waals surface area contributed by atoms with E-state index in [0.717, 1.165) is 0 Å². The SMILES string of the molecule is C#CCOc1c(Cl)cc(C2C(C(=O)OCC)=C(C)NC(C)=C2C(=O)OCC)cc1OCC. The third kappa shape index (κ3) is 5.38. The standard InChI is InChI=1S/C24H28ClNO6/c1-7-11-32-22-17(25)12-16(13-18(22)29-8-2)21-19(23(27)30-9-3)14(5)26-15(6)20(21)24(28)31-10-4/h1,12-13,21,26H,8-11H2,2-6H3. The molecule has 8 heteroatoms. The maximum atomic E-state index is 12.9. The Morgan fingerprint density at radius 2 is 1.56 bits per heavy atom. The van der Waals surface area contributed by atoms with Crippen LogP contribution >= 0.6 is 11.6 Å². The van der Waals surface area contributed by atoms with E-state index in [-0.39, 0.29) is 36.0 Å². The van der Waals surface area contributed by atoms with Gasteiger partial charge in [-0.3, -0.25) is 0 Å². The van der Waals surface area contributed by atoms with Crippen molar-refractivity contribution in [3.63, 3.8) is 0 Å². The molecule has 0 fully saturated rings. The largest absolute Gasteiger partial charge is 0.490 e. The number of benzene rings is 1. The molecule has 0 radical (unpaired) electrons. The molecule has 2 rings (SSSR count). The number of hydrogen-bond acceptors (Lipinski definition) is 7. The Balaban J connectivity index is 2.75. The number of hydrogen-bond donors (Lipinski definition) is 1. The van der Waals surface area contributed by atoms with Gasteiger partial charge in [0, 0.05) is 11.4 Å². The molecule has 32 heavy (non-hydrogen) atoms. The molecule has 0 saturated heterocycles. The van der Waals surface area contributed by atoms with Crippen LogP contribution in [0.5, 0.6) is 11.5 Å². The Morgan fingerprint density at radius 1 is 1.00 bits per heavy atom. The van der Waals surface area contributed by atoms with Gasteiger partial charge in [0.1, 0.15) is 6.61 Å². The molecular formula is C24H28ClNO6. The van der Waals surface area contributed by atoms with E-state index in [2.05, 4.69) is 11.2 Å². The second kappa shape index (κ2) is 11.5. The Hall–Kier alpha value is -3.11. The molecule has 0 bridgehead atoms. The van der Waals surface area contributed by atoms with Crippen molar-refractivity contribution in [1.29, 1.82) is 0 Å². The number of allylic oxidation sites excluding steroid dienone is 2. The summed E-state index contributed by atoms with van der Waals surface area (Å²) in [6, 6.07) is 3.32. The lowest BCUT2D eigenvalue weighted by atomic mass is 9.80. The molecule has 1 heterocycles. The average Bonchev–Trinajstić information content (AvgIpc) is 2.72. The first-order valence-electron chi connectivity index (χ1n) is 10.4. The van der Waals surface area contributed by atoms with Gasteiger partial charge in [-0.25, -0.2) is 9.59 Å². The van der Waals surface area contributed by atoms with Crippen molar-refractivity contribution in [1.82, 2.24) is 5.32 Å². The summed E-state index contributed by atoms with van der Waals surface area (Å²) in [5.41, 5.74) is 2.27. The fourth-order valence-electron chi connectivity index (χ4n) is 3.56. The second-order valence-electron chi connectivity index (χ2n) is 6.83. The topological polar surface area (TPSA) is 83.1 Å². The number of esters is 2. The number of halogens is 1. The van der Waals surface area contributed by atoms with Crippen LogP contribution in [0.2, 0.25) is 5.02 Å². The maximum Gasteiger partial charge on any atom is 0.336 e. The molecule has 1 N–H and O–H groups in total. The van der Waals surface area contributed by atoms with Crippen LogP contribution in [0, 0.1) is 12.3 Å². The highest BCUT2D eigenvalue weighted by molar-refractivity contribution is 6.32. The van der Waals surface area contributed by atoms with Crippen molar-refractivity contribution in [3.8, 4) is 23.8 Å². The summed E-state index contributed by atoms with van der Waals surface area (Å²) in [6.07, 6.45) is 5.31. The molecule has 172 valence electrons. The molecule has 0 spiro atoms. The van der Waals surface area contributed by atoms with Gasteiger partial charge in [0.25, 0.3) is 0 Å². The molecule has 0 aromatic heterocycles. The molecule has 0 aliphatic carbocycles. The van der Waals surface area contributed by atoms with Gasteiger partial charge in [-0.05, 0) is 52.3 Å². The van der Waals surface area contributed by atoms with Gasteiger partial charge >= 0.3 is 11.9 Å². The highest BCUT2D eigenvalue weighted by Gasteiger charge is 2.38. The highest BCUT2D eigenvalue weighted by atomic mass is 35.5. The van der Waals surface area contributed by atoms with Crippen molar-refractivity contribution >= 4 is 23.5 Å². The molecule has 7 nitrogen and oxygen atoms in total. The fourth-order valence-corrected chi connectivity index (χ4v) is 3.83. The third-order valence-corrected chi connectivity index (χ3v) is 5.00. The summed E-state index contributed by atoms with van der Waals surface area (Å²) in [5.74, 6) is 1.17. The van der Waals surface area contributed by atoms with Crippen LogP contribution in [0.3, 0.4) is 0 Å². The van der Waals surface area contributed by atoms with Gasteiger partial charge in [-0.15, -0.1) is 6.42 Å². The molecular weight excluding hydrogens is 434 g/mol. The van der Waals surface area contributed by atoms with Gasteiger partial charge in [0.15, 0.2) is 11.5 Å². The Labute approximate surface area is 193 Å². The number of terminal acetylenes is 1. The Kier molecular flexibility index (Phi) is 9.03. The average molecular weight is 462 g/mol. The maximum absolute atomic E-state index is 12.9. The molecule has 1 aliphatic rings. The predicted molar refractivity (Wildman–Crippen MR) is 121 cm³/mol. The van der Waals surface area contributed by atoms with Gasteiger partial charge in [0.2, 0.25) is 0 Å². The number of ether oxygens (including phenoxy) is 4.